The van der Waals surface area contributed by atoms with Crippen LogP contribution in [-0.4, -0.2) is 37.5 Å². The van der Waals surface area contributed by atoms with Gasteiger partial charge in [0, 0.05) is 19.0 Å². The third kappa shape index (κ3) is 1.69. The molecule has 1 aliphatic rings. The number of amides is 1. The van der Waals surface area contributed by atoms with E-state index in [9.17, 15) is 9.59 Å². The van der Waals surface area contributed by atoms with Crippen LogP contribution in [0, 0.1) is 5.92 Å². The molecule has 11 heavy (non-hydrogen) atoms. The number of likely N-dealkylation sites (tertiary alicyclic amines) is 1. The van der Waals surface area contributed by atoms with Crippen LogP contribution in [-0.2, 0) is 9.53 Å². The van der Waals surface area contributed by atoms with E-state index < -0.39 is 0 Å². The predicted molar refractivity (Wildman–Crippen MR) is 37.8 cm³/mol. The van der Waals surface area contributed by atoms with E-state index in [4.69, 9.17) is 0 Å². The highest BCUT2D eigenvalue weighted by atomic mass is 16.5. The molecule has 0 saturated carbocycles. The maximum absolute atomic E-state index is 10.8. The minimum absolute atomic E-state index is 0.117. The summed E-state index contributed by atoms with van der Waals surface area (Å²) in [6.07, 6.45) is 2.22. The second kappa shape index (κ2) is 3.37. The Kier molecular flexibility index (Phi) is 2.46. The van der Waals surface area contributed by atoms with Gasteiger partial charge in [-0.25, -0.2) is 4.79 Å². The van der Waals surface area contributed by atoms with Crippen LogP contribution in [0.15, 0.2) is 0 Å². The number of nitrogens with zero attached hydrogens (tertiary/aromatic N) is 1. The van der Waals surface area contributed by atoms with Crippen LogP contribution in [0.5, 0.6) is 0 Å². The van der Waals surface area contributed by atoms with Gasteiger partial charge in [0.05, 0.1) is 7.11 Å². The zero-order chi connectivity index (χ0) is 8.27. The summed E-state index contributed by atoms with van der Waals surface area (Å²) in [6.45, 7) is 1.06. The molecule has 1 aliphatic heterocycles. The van der Waals surface area contributed by atoms with Crippen LogP contribution in [0.2, 0.25) is 0 Å². The highest BCUT2D eigenvalue weighted by Crippen LogP contribution is 2.14. The van der Waals surface area contributed by atoms with Crippen molar-refractivity contribution in [3.63, 3.8) is 0 Å². The van der Waals surface area contributed by atoms with E-state index in [1.165, 1.54) is 12.0 Å². The molecule has 4 heteroatoms. The van der Waals surface area contributed by atoms with E-state index in [1.807, 2.05) is 6.29 Å². The molecule has 0 aromatic carbocycles. The van der Waals surface area contributed by atoms with Crippen LogP contribution in [0.4, 0.5) is 4.79 Å². The molecule has 1 amide bonds. The summed E-state index contributed by atoms with van der Waals surface area (Å²) in [6, 6.07) is 0. The summed E-state index contributed by atoms with van der Waals surface area (Å²) in [4.78, 5) is 22.5. The number of ether oxygens (including phenoxy) is 1. The molecule has 4 nitrogen and oxygen atoms in total. The van der Waals surface area contributed by atoms with Crippen LogP contribution >= 0.6 is 0 Å². The Bertz CT molecular complexity index is 169. The van der Waals surface area contributed by atoms with Crippen molar-refractivity contribution >= 4 is 12.4 Å². The molecular formula is C7H10NO3. The van der Waals surface area contributed by atoms with Crippen LogP contribution in [0.3, 0.4) is 0 Å². The van der Waals surface area contributed by atoms with Gasteiger partial charge >= 0.3 is 6.09 Å². The number of carbonyl (C=O) groups excluding carboxylic acids is 2. The maximum Gasteiger partial charge on any atom is 0.409 e. The van der Waals surface area contributed by atoms with E-state index in [-0.39, 0.29) is 12.0 Å². The van der Waals surface area contributed by atoms with Crippen LogP contribution < -0.4 is 0 Å². The van der Waals surface area contributed by atoms with Crippen molar-refractivity contribution < 1.29 is 14.3 Å². The average molecular weight is 156 g/mol. The average Bonchev–Trinajstić information content (AvgIpc) is 2.50. The number of hydrogen-bond donors (Lipinski definition) is 0. The van der Waals surface area contributed by atoms with Crippen molar-refractivity contribution in [3.05, 3.63) is 0 Å². The molecule has 0 aromatic rings. The monoisotopic (exact) mass is 156 g/mol. The molecule has 0 bridgehead atoms. The van der Waals surface area contributed by atoms with Gasteiger partial charge in [0.25, 0.3) is 0 Å². The fourth-order valence-electron chi connectivity index (χ4n) is 1.15. The van der Waals surface area contributed by atoms with Gasteiger partial charge < -0.3 is 9.64 Å². The molecule has 1 saturated heterocycles. The van der Waals surface area contributed by atoms with Crippen molar-refractivity contribution in [1.82, 2.24) is 4.90 Å². The van der Waals surface area contributed by atoms with Gasteiger partial charge in [0.15, 0.2) is 0 Å². The smallest absolute Gasteiger partial charge is 0.409 e. The quantitative estimate of drug-likeness (QED) is 0.544. The van der Waals surface area contributed by atoms with Gasteiger partial charge in [0.2, 0.25) is 6.29 Å². The Morgan fingerprint density at radius 2 is 2.45 bits per heavy atom. The second-order valence-corrected chi connectivity index (χ2v) is 2.52. The van der Waals surface area contributed by atoms with Crippen molar-refractivity contribution in [2.75, 3.05) is 20.2 Å². The lowest BCUT2D eigenvalue weighted by atomic mass is 10.1. The first-order chi connectivity index (χ1) is 5.27. The molecule has 0 spiro atoms. The lowest BCUT2D eigenvalue weighted by molar-refractivity contribution is 0.132. The van der Waals surface area contributed by atoms with Crippen LogP contribution in [0.1, 0.15) is 6.42 Å². The summed E-state index contributed by atoms with van der Waals surface area (Å²) in [5.74, 6) is -0.117. The SMILES string of the molecule is COC(=O)N1CCC([C]=O)C1. The van der Waals surface area contributed by atoms with Gasteiger partial charge in [-0.05, 0) is 6.42 Å². The van der Waals surface area contributed by atoms with Crippen molar-refractivity contribution in [3.8, 4) is 0 Å². The van der Waals surface area contributed by atoms with Gasteiger partial charge in [-0.15, -0.1) is 0 Å². The Morgan fingerprint density at radius 3 is 2.91 bits per heavy atom. The third-order valence-electron chi connectivity index (χ3n) is 1.79. The summed E-state index contributed by atoms with van der Waals surface area (Å²) >= 11 is 0. The van der Waals surface area contributed by atoms with Crippen molar-refractivity contribution in [1.29, 1.82) is 0 Å². The number of carbonyl (C=O) groups is 1. The lowest BCUT2D eigenvalue weighted by Crippen LogP contribution is -2.28. The van der Waals surface area contributed by atoms with E-state index in [0.717, 1.165) is 0 Å². The fourth-order valence-corrected chi connectivity index (χ4v) is 1.15. The molecule has 1 atom stereocenters. The Balaban J connectivity index is 2.41. The highest BCUT2D eigenvalue weighted by Gasteiger charge is 2.26. The fraction of sp³-hybridized carbons (Fsp3) is 0.714. The van der Waals surface area contributed by atoms with Crippen LogP contribution in [0.25, 0.3) is 0 Å². The standard InChI is InChI=1S/C7H10NO3/c1-11-7(10)8-3-2-6(4-8)5-9/h6H,2-4H2,1H3. The lowest BCUT2D eigenvalue weighted by Gasteiger charge is -2.12. The minimum atomic E-state index is -0.359. The summed E-state index contributed by atoms with van der Waals surface area (Å²) in [7, 11) is 1.33. The number of methoxy groups -OCH3 is 1. The summed E-state index contributed by atoms with van der Waals surface area (Å²) < 4.78 is 4.48. The normalized spacial score (nSPS) is 23.4. The van der Waals surface area contributed by atoms with Crippen molar-refractivity contribution in [2.45, 2.75) is 6.42 Å². The molecule has 1 rings (SSSR count). The first-order valence-corrected chi connectivity index (χ1v) is 3.48. The van der Waals surface area contributed by atoms with E-state index in [1.54, 1.807) is 0 Å². The first kappa shape index (κ1) is 8.04. The molecule has 1 radical (unpaired) electrons. The molecule has 1 unspecified atom stereocenters. The largest absolute Gasteiger partial charge is 0.453 e. The zero-order valence-electron chi connectivity index (χ0n) is 6.37. The van der Waals surface area contributed by atoms with Gasteiger partial charge in [-0.1, -0.05) is 0 Å². The molecule has 0 N–H and O–H groups in total. The highest BCUT2D eigenvalue weighted by molar-refractivity contribution is 5.69. The predicted octanol–water partition coefficient (Wildman–Crippen LogP) is 0.184. The molecule has 0 aliphatic carbocycles. The Hall–Kier alpha value is -1.06. The molecule has 1 heterocycles. The Labute approximate surface area is 65.1 Å². The number of rotatable bonds is 1. The first-order valence-electron chi connectivity index (χ1n) is 3.48. The molecule has 61 valence electrons. The van der Waals surface area contributed by atoms with Gasteiger partial charge in [-0.3, -0.25) is 4.79 Å². The molecule has 0 aromatic heterocycles. The topological polar surface area (TPSA) is 46.6 Å². The maximum atomic E-state index is 10.8. The second-order valence-electron chi connectivity index (χ2n) is 2.52. The van der Waals surface area contributed by atoms with E-state index in [2.05, 4.69) is 4.74 Å². The van der Waals surface area contributed by atoms with Crippen molar-refractivity contribution in [2.24, 2.45) is 5.92 Å². The van der Waals surface area contributed by atoms with Gasteiger partial charge in [0.1, 0.15) is 0 Å². The summed E-state index contributed by atoms with van der Waals surface area (Å²) in [5, 5.41) is 0. The minimum Gasteiger partial charge on any atom is -0.453 e. The zero-order valence-corrected chi connectivity index (χ0v) is 6.37. The van der Waals surface area contributed by atoms with Gasteiger partial charge in [-0.2, -0.15) is 0 Å². The number of hydrogen-bond acceptors (Lipinski definition) is 3. The molecule has 1 fully saturated rings. The van der Waals surface area contributed by atoms with E-state index in [0.29, 0.717) is 19.5 Å². The molecular weight excluding hydrogens is 146 g/mol. The Morgan fingerprint density at radius 1 is 1.73 bits per heavy atom. The summed E-state index contributed by atoms with van der Waals surface area (Å²) in [5.41, 5.74) is 0. The van der Waals surface area contributed by atoms with E-state index >= 15 is 0 Å². The third-order valence-corrected chi connectivity index (χ3v) is 1.79.